The molecule has 0 amide bonds. The fourth-order valence-corrected chi connectivity index (χ4v) is 7.10. The second-order valence-electron chi connectivity index (χ2n) is 9.37. The molecule has 3 saturated carbocycles. The van der Waals surface area contributed by atoms with Crippen molar-refractivity contribution >= 4 is 11.6 Å². The number of Topliss-reactive ketones (excluding diaryl/α,β-unsaturated/α-hetero) is 2. The van der Waals surface area contributed by atoms with Crippen molar-refractivity contribution in [1.82, 2.24) is 0 Å². The van der Waals surface area contributed by atoms with Crippen LogP contribution in [0.1, 0.15) is 66.2 Å². The summed E-state index contributed by atoms with van der Waals surface area (Å²) in [5.41, 5.74) is 0.199. The number of carbonyl (C=O) groups excluding carboxylic acids is 2. The standard InChI is InChI=1S/C20H30O3/c1-11-5-7-15-17-18(23-17)19(3)10-13(22)9-16(19)20(15,4)14(11)8-6-12(2)21/h11,14-18H,5-10H2,1-4H3/t11-,14+,15+,16+,17+,18+,19-,20-/m0/s1. The summed E-state index contributed by atoms with van der Waals surface area (Å²) >= 11 is 0. The molecule has 4 aliphatic rings. The molecular formula is C20H30O3. The Kier molecular flexibility index (Phi) is 3.37. The van der Waals surface area contributed by atoms with Gasteiger partial charge in [0.25, 0.3) is 0 Å². The SMILES string of the molecule is CC(=O)CC[C@@H]1[C@@H](C)CC[C@@H]2[C@H]3O[C@H]3[C@@]3(C)CC(=O)C[C@H]3[C@]21C. The topological polar surface area (TPSA) is 46.7 Å². The molecule has 0 N–H and O–H groups in total. The Morgan fingerprint density at radius 2 is 2.04 bits per heavy atom. The summed E-state index contributed by atoms with van der Waals surface area (Å²) in [7, 11) is 0. The van der Waals surface area contributed by atoms with Gasteiger partial charge in [-0.1, -0.05) is 27.2 Å². The van der Waals surface area contributed by atoms with Gasteiger partial charge in [0.15, 0.2) is 0 Å². The molecule has 0 aromatic rings. The van der Waals surface area contributed by atoms with Gasteiger partial charge in [0.1, 0.15) is 11.6 Å². The lowest BCUT2D eigenvalue weighted by Crippen LogP contribution is -2.57. The van der Waals surface area contributed by atoms with E-state index in [0.29, 0.717) is 60.3 Å². The first kappa shape index (κ1) is 15.8. The van der Waals surface area contributed by atoms with E-state index in [1.54, 1.807) is 6.92 Å². The predicted molar refractivity (Wildman–Crippen MR) is 87.9 cm³/mol. The van der Waals surface area contributed by atoms with Crippen LogP contribution < -0.4 is 0 Å². The smallest absolute Gasteiger partial charge is 0.133 e. The first-order chi connectivity index (χ1) is 10.8. The molecule has 1 aliphatic heterocycles. The summed E-state index contributed by atoms with van der Waals surface area (Å²) in [6.07, 6.45) is 6.28. The van der Waals surface area contributed by atoms with Crippen molar-refractivity contribution in [2.24, 2.45) is 34.5 Å². The van der Waals surface area contributed by atoms with Gasteiger partial charge in [0, 0.05) is 24.7 Å². The van der Waals surface area contributed by atoms with E-state index >= 15 is 0 Å². The van der Waals surface area contributed by atoms with Crippen molar-refractivity contribution in [2.75, 3.05) is 0 Å². The summed E-state index contributed by atoms with van der Waals surface area (Å²) < 4.78 is 6.17. The maximum atomic E-state index is 12.3. The Bertz CT molecular complexity index is 555. The monoisotopic (exact) mass is 318 g/mol. The van der Waals surface area contributed by atoms with Crippen LogP contribution in [0.15, 0.2) is 0 Å². The van der Waals surface area contributed by atoms with Crippen LogP contribution in [-0.2, 0) is 14.3 Å². The highest BCUT2D eigenvalue weighted by Crippen LogP contribution is 2.72. The first-order valence-electron chi connectivity index (χ1n) is 9.45. The lowest BCUT2D eigenvalue weighted by molar-refractivity contribution is -0.124. The van der Waals surface area contributed by atoms with E-state index in [1.807, 2.05) is 0 Å². The van der Waals surface area contributed by atoms with Gasteiger partial charge in [-0.3, -0.25) is 4.79 Å². The molecular weight excluding hydrogens is 288 g/mol. The molecule has 23 heavy (non-hydrogen) atoms. The van der Waals surface area contributed by atoms with Crippen LogP contribution in [0.25, 0.3) is 0 Å². The van der Waals surface area contributed by atoms with Gasteiger partial charge in [0.2, 0.25) is 0 Å². The van der Waals surface area contributed by atoms with Crippen molar-refractivity contribution in [3.8, 4) is 0 Å². The van der Waals surface area contributed by atoms with Crippen molar-refractivity contribution < 1.29 is 14.3 Å². The minimum Gasteiger partial charge on any atom is -0.369 e. The van der Waals surface area contributed by atoms with Crippen molar-refractivity contribution in [1.29, 1.82) is 0 Å². The van der Waals surface area contributed by atoms with Crippen LogP contribution in [-0.4, -0.2) is 23.8 Å². The molecule has 4 fully saturated rings. The molecule has 3 heteroatoms. The van der Waals surface area contributed by atoms with Gasteiger partial charge in [-0.15, -0.1) is 0 Å². The summed E-state index contributed by atoms with van der Waals surface area (Å²) in [6.45, 7) is 8.81. The van der Waals surface area contributed by atoms with Gasteiger partial charge < -0.3 is 9.53 Å². The number of ketones is 2. The van der Waals surface area contributed by atoms with E-state index in [0.717, 1.165) is 12.8 Å². The van der Waals surface area contributed by atoms with Gasteiger partial charge in [0.05, 0.1) is 12.2 Å². The molecule has 0 spiro atoms. The summed E-state index contributed by atoms with van der Waals surface area (Å²) in [6, 6.07) is 0. The zero-order chi connectivity index (χ0) is 16.6. The third-order valence-electron chi connectivity index (χ3n) is 8.15. The van der Waals surface area contributed by atoms with Crippen LogP contribution in [0, 0.1) is 34.5 Å². The Morgan fingerprint density at radius 1 is 1.30 bits per heavy atom. The predicted octanol–water partition coefficient (Wildman–Crippen LogP) is 3.79. The first-order valence-corrected chi connectivity index (χ1v) is 9.45. The number of hydrogen-bond acceptors (Lipinski definition) is 3. The van der Waals surface area contributed by atoms with Crippen LogP contribution in [0.2, 0.25) is 0 Å². The third-order valence-corrected chi connectivity index (χ3v) is 8.15. The molecule has 8 atom stereocenters. The van der Waals surface area contributed by atoms with Crippen LogP contribution >= 0.6 is 0 Å². The van der Waals surface area contributed by atoms with E-state index < -0.39 is 0 Å². The average molecular weight is 318 g/mol. The molecule has 3 nitrogen and oxygen atoms in total. The Hall–Kier alpha value is -0.700. The highest BCUT2D eigenvalue weighted by atomic mass is 16.6. The second kappa shape index (κ2) is 4.91. The summed E-state index contributed by atoms with van der Waals surface area (Å²) in [4.78, 5) is 23.9. The van der Waals surface area contributed by atoms with E-state index in [4.69, 9.17) is 4.74 Å². The van der Waals surface area contributed by atoms with Crippen LogP contribution in [0.4, 0.5) is 0 Å². The van der Waals surface area contributed by atoms with Gasteiger partial charge in [-0.05, 0) is 48.9 Å². The van der Waals surface area contributed by atoms with Crippen LogP contribution in [0.5, 0.6) is 0 Å². The highest BCUT2D eigenvalue weighted by molar-refractivity contribution is 5.82. The number of rotatable bonds is 3. The van der Waals surface area contributed by atoms with Gasteiger partial charge in [-0.25, -0.2) is 0 Å². The molecule has 4 rings (SSSR count). The van der Waals surface area contributed by atoms with Crippen molar-refractivity contribution in [2.45, 2.75) is 78.4 Å². The van der Waals surface area contributed by atoms with Crippen molar-refractivity contribution in [3.05, 3.63) is 0 Å². The molecule has 0 unspecified atom stereocenters. The maximum Gasteiger partial charge on any atom is 0.133 e. The zero-order valence-corrected chi connectivity index (χ0v) is 14.9. The molecule has 128 valence electrons. The van der Waals surface area contributed by atoms with E-state index in [-0.39, 0.29) is 10.8 Å². The van der Waals surface area contributed by atoms with E-state index in [9.17, 15) is 9.59 Å². The Balaban J connectivity index is 1.73. The third kappa shape index (κ3) is 2.04. The van der Waals surface area contributed by atoms with Gasteiger partial charge in [-0.2, -0.15) is 0 Å². The Labute approximate surface area is 139 Å². The van der Waals surface area contributed by atoms with Crippen molar-refractivity contribution in [3.63, 3.8) is 0 Å². The minimum atomic E-state index is 0.0402. The molecule has 1 saturated heterocycles. The largest absolute Gasteiger partial charge is 0.369 e. The average Bonchev–Trinajstić information content (AvgIpc) is 3.18. The molecule has 0 radical (unpaired) electrons. The number of hydrogen-bond donors (Lipinski definition) is 0. The molecule has 0 aromatic heterocycles. The fourth-order valence-electron chi connectivity index (χ4n) is 7.10. The van der Waals surface area contributed by atoms with E-state index in [2.05, 4.69) is 20.8 Å². The highest BCUT2D eigenvalue weighted by Gasteiger charge is 2.73. The number of epoxide rings is 1. The Morgan fingerprint density at radius 3 is 2.74 bits per heavy atom. The molecule has 0 bridgehead atoms. The zero-order valence-electron chi connectivity index (χ0n) is 14.9. The summed E-state index contributed by atoms with van der Waals surface area (Å²) in [5, 5.41) is 0. The second-order valence-corrected chi connectivity index (χ2v) is 9.37. The van der Waals surface area contributed by atoms with E-state index in [1.165, 1.54) is 12.8 Å². The molecule has 0 aromatic carbocycles. The number of fused-ring (bicyclic) bond motifs is 6. The lowest BCUT2D eigenvalue weighted by atomic mass is 9.44. The maximum absolute atomic E-state index is 12.3. The fraction of sp³-hybridized carbons (Fsp3) is 0.900. The molecule has 3 aliphatic carbocycles. The van der Waals surface area contributed by atoms with Crippen LogP contribution in [0.3, 0.4) is 0 Å². The number of carbonyl (C=O) groups is 2. The number of ether oxygens (including phenoxy) is 1. The quantitative estimate of drug-likeness (QED) is 0.744. The lowest BCUT2D eigenvalue weighted by Gasteiger charge is -2.59. The molecule has 1 heterocycles. The minimum absolute atomic E-state index is 0.0402. The normalized spacial score (nSPS) is 54.2. The van der Waals surface area contributed by atoms with Gasteiger partial charge >= 0.3 is 0 Å². The summed E-state index contributed by atoms with van der Waals surface area (Å²) in [5.74, 6) is 2.94.